The largest absolute Gasteiger partial charge is 0.490 e. The molecule has 0 saturated heterocycles. The predicted octanol–water partition coefficient (Wildman–Crippen LogP) is 2.56. The van der Waals surface area contributed by atoms with Crippen molar-refractivity contribution in [3.8, 4) is 5.75 Å². The zero-order valence-corrected chi connectivity index (χ0v) is 17.7. The van der Waals surface area contributed by atoms with Crippen LogP contribution in [0.15, 0.2) is 18.2 Å². The number of fused-ring (bicyclic) bond motifs is 1. The van der Waals surface area contributed by atoms with Crippen LogP contribution in [-0.2, 0) is 26.7 Å². The molecule has 1 aromatic carbocycles. The Bertz CT molecular complexity index is 1140. The SMILES string of the molecule is CCOC(=O)c1c(NC(=O)c2ccc(OC)c([N+](=O)[O-])c2)sc2c1CCS(=O)(=O)C2. The molecule has 0 unspecified atom stereocenters. The number of nitro groups is 1. The average molecular weight is 454 g/mol. The summed E-state index contributed by atoms with van der Waals surface area (Å²) < 4.78 is 33.9. The second-order valence-electron chi connectivity index (χ2n) is 6.37. The number of thiophene rings is 1. The van der Waals surface area contributed by atoms with Crippen molar-refractivity contribution in [2.45, 2.75) is 19.1 Å². The van der Waals surface area contributed by atoms with Crippen molar-refractivity contribution in [2.24, 2.45) is 0 Å². The van der Waals surface area contributed by atoms with E-state index < -0.39 is 26.6 Å². The van der Waals surface area contributed by atoms with Crippen molar-refractivity contribution >= 4 is 43.7 Å². The highest BCUT2D eigenvalue weighted by atomic mass is 32.2. The molecule has 2 aromatic rings. The molecule has 30 heavy (non-hydrogen) atoms. The summed E-state index contributed by atoms with van der Waals surface area (Å²) in [4.78, 5) is 36.2. The second kappa shape index (κ2) is 8.40. The molecule has 2 heterocycles. The van der Waals surface area contributed by atoms with E-state index in [0.29, 0.717) is 10.4 Å². The van der Waals surface area contributed by atoms with E-state index in [1.807, 2.05) is 0 Å². The lowest BCUT2D eigenvalue weighted by Gasteiger charge is -2.13. The van der Waals surface area contributed by atoms with Crippen LogP contribution in [0.1, 0.15) is 38.1 Å². The molecule has 12 heteroatoms. The normalized spacial score (nSPS) is 14.5. The molecule has 1 aliphatic rings. The number of methoxy groups -OCH3 is 1. The Labute approximate surface area is 175 Å². The van der Waals surface area contributed by atoms with Crippen LogP contribution in [0.25, 0.3) is 0 Å². The van der Waals surface area contributed by atoms with Gasteiger partial charge in [-0.25, -0.2) is 13.2 Å². The zero-order valence-electron chi connectivity index (χ0n) is 16.1. The zero-order chi connectivity index (χ0) is 22.1. The lowest BCUT2D eigenvalue weighted by Crippen LogP contribution is -2.20. The van der Waals surface area contributed by atoms with Gasteiger partial charge in [0.05, 0.1) is 35.7 Å². The monoisotopic (exact) mass is 454 g/mol. The first-order valence-corrected chi connectivity index (χ1v) is 11.5. The van der Waals surface area contributed by atoms with Crippen LogP contribution >= 0.6 is 11.3 Å². The molecular formula is C18H18N2O8S2. The van der Waals surface area contributed by atoms with Crippen LogP contribution < -0.4 is 10.1 Å². The second-order valence-corrected chi connectivity index (χ2v) is 9.66. The van der Waals surface area contributed by atoms with Crippen molar-refractivity contribution in [3.05, 3.63) is 49.9 Å². The van der Waals surface area contributed by atoms with Gasteiger partial charge < -0.3 is 14.8 Å². The van der Waals surface area contributed by atoms with E-state index in [-0.39, 0.29) is 52.1 Å². The van der Waals surface area contributed by atoms with Gasteiger partial charge in [-0.3, -0.25) is 14.9 Å². The van der Waals surface area contributed by atoms with E-state index >= 15 is 0 Å². The minimum Gasteiger partial charge on any atom is -0.490 e. The fraction of sp³-hybridized carbons (Fsp3) is 0.333. The highest BCUT2D eigenvalue weighted by molar-refractivity contribution is 7.90. The number of ether oxygens (including phenoxy) is 2. The number of nitrogens with one attached hydrogen (secondary N) is 1. The molecule has 160 valence electrons. The molecule has 1 aromatic heterocycles. The van der Waals surface area contributed by atoms with E-state index in [2.05, 4.69) is 5.32 Å². The summed E-state index contributed by atoms with van der Waals surface area (Å²) in [5.41, 5.74) is 0.274. The smallest absolute Gasteiger partial charge is 0.341 e. The Kier molecular flexibility index (Phi) is 6.08. The van der Waals surface area contributed by atoms with Crippen molar-refractivity contribution in [1.29, 1.82) is 0 Å². The van der Waals surface area contributed by atoms with E-state index in [4.69, 9.17) is 9.47 Å². The molecule has 1 N–H and O–H groups in total. The van der Waals surface area contributed by atoms with E-state index in [0.717, 1.165) is 17.4 Å². The summed E-state index contributed by atoms with van der Waals surface area (Å²) in [5, 5.41) is 13.9. The van der Waals surface area contributed by atoms with Gasteiger partial charge in [-0.05, 0) is 31.0 Å². The number of amides is 1. The molecule has 10 nitrogen and oxygen atoms in total. The maximum absolute atomic E-state index is 12.7. The molecule has 1 amide bonds. The summed E-state index contributed by atoms with van der Waals surface area (Å²) in [6.45, 7) is 1.75. The third kappa shape index (κ3) is 4.28. The fourth-order valence-electron chi connectivity index (χ4n) is 3.08. The quantitative estimate of drug-likeness (QED) is 0.399. The van der Waals surface area contributed by atoms with Gasteiger partial charge in [-0.15, -0.1) is 11.3 Å². The number of rotatable bonds is 6. The van der Waals surface area contributed by atoms with Crippen molar-refractivity contribution in [1.82, 2.24) is 0 Å². The minimum atomic E-state index is -3.28. The van der Waals surface area contributed by atoms with Crippen LogP contribution in [-0.4, -0.2) is 44.7 Å². The lowest BCUT2D eigenvalue weighted by atomic mass is 10.1. The molecule has 0 aliphatic carbocycles. The molecule has 0 atom stereocenters. The molecule has 0 spiro atoms. The van der Waals surface area contributed by atoms with Gasteiger partial charge in [0.25, 0.3) is 5.91 Å². The van der Waals surface area contributed by atoms with Crippen LogP contribution in [0.2, 0.25) is 0 Å². The average Bonchev–Trinajstić information content (AvgIpc) is 3.03. The Morgan fingerprint density at radius 2 is 2.07 bits per heavy atom. The highest BCUT2D eigenvalue weighted by Crippen LogP contribution is 2.39. The van der Waals surface area contributed by atoms with Gasteiger partial charge in [0, 0.05) is 16.5 Å². The fourth-order valence-corrected chi connectivity index (χ4v) is 6.11. The van der Waals surface area contributed by atoms with Crippen molar-refractivity contribution < 1.29 is 32.4 Å². The summed E-state index contributed by atoms with van der Waals surface area (Å²) in [6, 6.07) is 3.71. The molecule has 1 aliphatic heterocycles. The van der Waals surface area contributed by atoms with Gasteiger partial charge >= 0.3 is 11.7 Å². The number of nitro benzene ring substituents is 1. The van der Waals surface area contributed by atoms with Gasteiger partial charge in [-0.1, -0.05) is 0 Å². The van der Waals surface area contributed by atoms with Crippen LogP contribution in [0.5, 0.6) is 5.75 Å². The number of carbonyl (C=O) groups is 2. The number of hydrogen-bond acceptors (Lipinski definition) is 9. The maximum atomic E-state index is 12.7. The third-order valence-corrected chi connectivity index (χ3v) is 7.33. The van der Waals surface area contributed by atoms with Crippen LogP contribution in [0.3, 0.4) is 0 Å². The number of hydrogen-bond donors (Lipinski definition) is 1. The van der Waals surface area contributed by atoms with Gasteiger partial charge in [-0.2, -0.15) is 0 Å². The van der Waals surface area contributed by atoms with Gasteiger partial charge in [0.1, 0.15) is 5.00 Å². The molecule has 3 rings (SSSR count). The first kappa shape index (κ1) is 21.7. The molecule has 0 bridgehead atoms. The maximum Gasteiger partial charge on any atom is 0.341 e. The summed E-state index contributed by atoms with van der Waals surface area (Å²) >= 11 is 0.989. The Balaban J connectivity index is 1.99. The Morgan fingerprint density at radius 1 is 1.33 bits per heavy atom. The van der Waals surface area contributed by atoms with E-state index in [1.54, 1.807) is 6.92 Å². The number of esters is 1. The Morgan fingerprint density at radius 3 is 2.70 bits per heavy atom. The molecule has 0 saturated carbocycles. The van der Waals surface area contributed by atoms with E-state index in [1.165, 1.54) is 19.2 Å². The van der Waals surface area contributed by atoms with Crippen molar-refractivity contribution in [2.75, 3.05) is 24.8 Å². The highest BCUT2D eigenvalue weighted by Gasteiger charge is 2.32. The summed E-state index contributed by atoms with van der Waals surface area (Å²) in [5.74, 6) is -1.66. The number of benzene rings is 1. The summed E-state index contributed by atoms with van der Waals surface area (Å²) in [6.07, 6.45) is 0.145. The molecular weight excluding hydrogens is 436 g/mol. The molecule has 0 fully saturated rings. The molecule has 0 radical (unpaired) electrons. The van der Waals surface area contributed by atoms with Crippen LogP contribution in [0, 0.1) is 10.1 Å². The third-order valence-electron chi connectivity index (χ3n) is 4.45. The van der Waals surface area contributed by atoms with E-state index in [9.17, 15) is 28.1 Å². The number of sulfone groups is 1. The van der Waals surface area contributed by atoms with Gasteiger partial charge in [0.15, 0.2) is 15.6 Å². The standard InChI is InChI=1S/C18H18N2O8S2/c1-3-28-18(22)15-11-6-7-30(25,26)9-14(11)29-17(15)19-16(21)10-4-5-13(27-2)12(8-10)20(23)24/h4-5,8H,3,6-7,9H2,1-2H3,(H,19,21). The number of carbonyl (C=O) groups excluding carboxylic acids is 2. The Hall–Kier alpha value is -2.99. The lowest BCUT2D eigenvalue weighted by molar-refractivity contribution is -0.385. The minimum absolute atomic E-state index is 0.000516. The number of anilines is 1. The van der Waals surface area contributed by atoms with Gasteiger partial charge in [0.2, 0.25) is 0 Å². The van der Waals surface area contributed by atoms with Crippen molar-refractivity contribution in [3.63, 3.8) is 0 Å². The first-order chi connectivity index (χ1) is 14.2. The first-order valence-electron chi connectivity index (χ1n) is 8.82. The number of nitrogens with zero attached hydrogens (tertiary/aromatic N) is 1. The summed E-state index contributed by atoms with van der Waals surface area (Å²) in [7, 11) is -2.01. The topological polar surface area (TPSA) is 142 Å². The predicted molar refractivity (Wildman–Crippen MR) is 109 cm³/mol. The van der Waals surface area contributed by atoms with Crippen LogP contribution in [0.4, 0.5) is 10.7 Å².